The number of hydrogen-bond acceptors (Lipinski definition) is 2. The molecule has 0 fully saturated rings. The Balaban J connectivity index is 3.39. The summed E-state index contributed by atoms with van der Waals surface area (Å²) >= 11 is 0. The first-order chi connectivity index (χ1) is 5.04. The van der Waals surface area contributed by atoms with E-state index in [9.17, 15) is 9.59 Å². The first-order valence-corrected chi connectivity index (χ1v) is 3.53. The van der Waals surface area contributed by atoms with Crippen molar-refractivity contribution in [2.45, 2.75) is 20.3 Å². The Kier molecular flexibility index (Phi) is 4.26. The quantitative estimate of drug-likeness (QED) is 0.639. The number of nitrogens with one attached hydrogen (secondary N) is 1. The van der Waals surface area contributed by atoms with Crippen LogP contribution in [-0.2, 0) is 4.79 Å². The van der Waals surface area contributed by atoms with Gasteiger partial charge < -0.3 is 10.4 Å². The summed E-state index contributed by atoms with van der Waals surface area (Å²) in [6, 6.07) is 0. The maximum Gasteiger partial charge on any atom is 0.404 e. The van der Waals surface area contributed by atoms with Crippen molar-refractivity contribution in [3.05, 3.63) is 0 Å². The Hall–Kier alpha value is -1.06. The van der Waals surface area contributed by atoms with Crippen LogP contribution >= 0.6 is 0 Å². The number of rotatable bonds is 4. The molecule has 0 aliphatic heterocycles. The van der Waals surface area contributed by atoms with Crippen LogP contribution in [0.2, 0.25) is 0 Å². The summed E-state index contributed by atoms with van der Waals surface area (Å²) in [7, 11) is 0. The van der Waals surface area contributed by atoms with E-state index in [1.165, 1.54) is 0 Å². The first kappa shape index (κ1) is 9.94. The fourth-order valence-corrected chi connectivity index (χ4v) is 0.581. The number of ketones is 1. The molecule has 0 aromatic rings. The highest BCUT2D eigenvalue weighted by Gasteiger charge is 2.06. The average Bonchev–Trinajstić information content (AvgIpc) is 1.86. The maximum absolute atomic E-state index is 10.9. The van der Waals surface area contributed by atoms with E-state index in [4.69, 9.17) is 5.11 Å². The second kappa shape index (κ2) is 4.71. The van der Waals surface area contributed by atoms with Gasteiger partial charge >= 0.3 is 6.09 Å². The molecule has 0 aromatic carbocycles. The van der Waals surface area contributed by atoms with Gasteiger partial charge in [0.15, 0.2) is 0 Å². The van der Waals surface area contributed by atoms with Crippen molar-refractivity contribution in [3.8, 4) is 0 Å². The fourth-order valence-electron chi connectivity index (χ4n) is 0.581. The summed E-state index contributed by atoms with van der Waals surface area (Å²) < 4.78 is 0. The van der Waals surface area contributed by atoms with Crippen molar-refractivity contribution in [2.24, 2.45) is 5.92 Å². The van der Waals surface area contributed by atoms with Crippen molar-refractivity contribution >= 4 is 11.9 Å². The van der Waals surface area contributed by atoms with Gasteiger partial charge in [-0.3, -0.25) is 4.79 Å². The molecular formula is C7H13NO3. The molecule has 1 amide bonds. The molecule has 0 aliphatic rings. The summed E-state index contributed by atoms with van der Waals surface area (Å²) in [6.07, 6.45) is -0.800. The molecular weight excluding hydrogens is 146 g/mol. The molecule has 0 rings (SSSR count). The molecule has 0 unspecified atom stereocenters. The van der Waals surface area contributed by atoms with Gasteiger partial charge in [-0.15, -0.1) is 0 Å². The summed E-state index contributed by atoms with van der Waals surface area (Å²) in [6.45, 7) is 3.80. The molecule has 4 heteroatoms. The van der Waals surface area contributed by atoms with Crippen LogP contribution in [0.25, 0.3) is 0 Å². The molecule has 0 aliphatic carbocycles. The number of Topliss-reactive ketones (excluding diaryl/α,β-unsaturated/α-hetero) is 1. The monoisotopic (exact) mass is 159 g/mol. The van der Waals surface area contributed by atoms with Crippen molar-refractivity contribution in [1.29, 1.82) is 0 Å². The van der Waals surface area contributed by atoms with Gasteiger partial charge in [0, 0.05) is 18.9 Å². The topological polar surface area (TPSA) is 66.4 Å². The van der Waals surface area contributed by atoms with Crippen LogP contribution in [0.1, 0.15) is 20.3 Å². The largest absolute Gasteiger partial charge is 0.465 e. The average molecular weight is 159 g/mol. The molecule has 0 spiro atoms. The molecule has 2 N–H and O–H groups in total. The lowest BCUT2D eigenvalue weighted by Gasteiger charge is -2.02. The maximum atomic E-state index is 10.9. The number of amides is 1. The molecule has 0 heterocycles. The molecule has 11 heavy (non-hydrogen) atoms. The van der Waals surface area contributed by atoms with Crippen molar-refractivity contribution in [1.82, 2.24) is 5.32 Å². The standard InChI is InChI=1S/C7H13NO3/c1-5(2)6(9)3-4-8-7(10)11/h5,8H,3-4H2,1-2H3,(H,10,11). The van der Waals surface area contributed by atoms with E-state index < -0.39 is 6.09 Å². The van der Waals surface area contributed by atoms with Gasteiger partial charge in [-0.2, -0.15) is 0 Å². The zero-order valence-corrected chi connectivity index (χ0v) is 6.76. The Morgan fingerprint density at radius 1 is 1.45 bits per heavy atom. The van der Waals surface area contributed by atoms with Crippen LogP contribution in [0.4, 0.5) is 4.79 Å². The Labute approximate surface area is 65.6 Å². The molecule has 4 nitrogen and oxygen atoms in total. The molecule has 0 radical (unpaired) electrons. The molecule has 0 bridgehead atoms. The van der Waals surface area contributed by atoms with Gasteiger partial charge in [0.05, 0.1) is 0 Å². The van der Waals surface area contributed by atoms with E-state index in [-0.39, 0.29) is 24.7 Å². The normalized spacial score (nSPS) is 9.73. The highest BCUT2D eigenvalue weighted by molar-refractivity contribution is 5.80. The fraction of sp³-hybridized carbons (Fsp3) is 0.714. The van der Waals surface area contributed by atoms with E-state index in [1.54, 1.807) is 13.8 Å². The minimum atomic E-state index is -1.08. The van der Waals surface area contributed by atoms with Gasteiger partial charge in [0.1, 0.15) is 5.78 Å². The number of hydrogen-bond donors (Lipinski definition) is 2. The Bertz CT molecular complexity index is 154. The van der Waals surface area contributed by atoms with Gasteiger partial charge in [0.2, 0.25) is 0 Å². The van der Waals surface area contributed by atoms with Gasteiger partial charge in [-0.25, -0.2) is 4.79 Å². The highest BCUT2D eigenvalue weighted by Crippen LogP contribution is 1.96. The molecule has 0 saturated heterocycles. The number of carbonyl (C=O) groups is 2. The number of carbonyl (C=O) groups excluding carboxylic acids is 1. The van der Waals surface area contributed by atoms with Crippen molar-refractivity contribution < 1.29 is 14.7 Å². The van der Waals surface area contributed by atoms with Crippen LogP contribution in [0.15, 0.2) is 0 Å². The van der Waals surface area contributed by atoms with E-state index in [2.05, 4.69) is 5.32 Å². The zero-order chi connectivity index (χ0) is 8.85. The minimum Gasteiger partial charge on any atom is -0.465 e. The predicted octanol–water partition coefficient (Wildman–Crippen LogP) is 0.869. The van der Waals surface area contributed by atoms with E-state index in [0.717, 1.165) is 0 Å². The SMILES string of the molecule is CC(C)C(=O)CCNC(=O)O. The van der Waals surface area contributed by atoms with Gasteiger partial charge in [0.25, 0.3) is 0 Å². The van der Waals surface area contributed by atoms with Crippen molar-refractivity contribution in [2.75, 3.05) is 6.54 Å². The lowest BCUT2D eigenvalue weighted by atomic mass is 10.1. The number of carboxylic acid groups (broad SMARTS) is 1. The predicted molar refractivity (Wildman–Crippen MR) is 40.5 cm³/mol. The third-order valence-electron chi connectivity index (χ3n) is 1.29. The van der Waals surface area contributed by atoms with E-state index in [1.807, 2.05) is 0 Å². The van der Waals surface area contributed by atoms with Crippen LogP contribution in [0.3, 0.4) is 0 Å². The second-order valence-corrected chi connectivity index (χ2v) is 2.60. The molecule has 0 aromatic heterocycles. The van der Waals surface area contributed by atoms with Crippen LogP contribution in [0.5, 0.6) is 0 Å². The second-order valence-electron chi connectivity index (χ2n) is 2.60. The Morgan fingerprint density at radius 2 is 2.00 bits per heavy atom. The molecule has 64 valence electrons. The van der Waals surface area contributed by atoms with Crippen LogP contribution in [0, 0.1) is 5.92 Å². The third kappa shape index (κ3) is 5.39. The third-order valence-corrected chi connectivity index (χ3v) is 1.29. The summed E-state index contributed by atoms with van der Waals surface area (Å²) in [5, 5.41) is 10.3. The summed E-state index contributed by atoms with van der Waals surface area (Å²) in [4.78, 5) is 20.8. The lowest BCUT2D eigenvalue weighted by molar-refractivity contribution is -0.121. The van der Waals surface area contributed by atoms with Crippen LogP contribution < -0.4 is 5.32 Å². The minimum absolute atomic E-state index is 0.00871. The summed E-state index contributed by atoms with van der Waals surface area (Å²) in [5.74, 6) is 0.0735. The molecule has 0 saturated carbocycles. The van der Waals surface area contributed by atoms with Gasteiger partial charge in [-0.05, 0) is 0 Å². The Morgan fingerprint density at radius 3 is 2.36 bits per heavy atom. The smallest absolute Gasteiger partial charge is 0.404 e. The van der Waals surface area contributed by atoms with E-state index in [0.29, 0.717) is 0 Å². The van der Waals surface area contributed by atoms with Crippen molar-refractivity contribution in [3.63, 3.8) is 0 Å². The lowest BCUT2D eigenvalue weighted by Crippen LogP contribution is -2.24. The van der Waals surface area contributed by atoms with Crippen LogP contribution in [-0.4, -0.2) is 23.5 Å². The highest BCUT2D eigenvalue weighted by atomic mass is 16.4. The zero-order valence-electron chi connectivity index (χ0n) is 6.76. The summed E-state index contributed by atoms with van der Waals surface area (Å²) in [5.41, 5.74) is 0. The van der Waals surface area contributed by atoms with E-state index >= 15 is 0 Å². The van der Waals surface area contributed by atoms with Gasteiger partial charge in [-0.1, -0.05) is 13.8 Å². The first-order valence-electron chi connectivity index (χ1n) is 3.53. The molecule has 0 atom stereocenters.